The quantitative estimate of drug-likeness (QED) is 0.700. The largest absolute Gasteiger partial charge is 0.497 e. The monoisotopic (exact) mass is 407 g/mol. The molecule has 0 spiro atoms. The molecule has 0 unspecified atom stereocenters. The van der Waals surface area contributed by atoms with E-state index < -0.39 is 0 Å². The lowest BCUT2D eigenvalue weighted by atomic mass is 10.0. The van der Waals surface area contributed by atoms with Crippen LogP contribution in [-0.2, 0) is 5.54 Å². The maximum Gasteiger partial charge on any atom is 0.214 e. The number of anilines is 1. The molecule has 30 heavy (non-hydrogen) atoms. The molecule has 1 saturated heterocycles. The first-order chi connectivity index (χ1) is 14.5. The highest BCUT2D eigenvalue weighted by Crippen LogP contribution is 2.24. The molecule has 3 aromatic rings. The van der Waals surface area contributed by atoms with Crippen LogP contribution in [0.3, 0.4) is 0 Å². The molecule has 0 amide bonds. The number of nitrogens with zero attached hydrogens (tertiary/aromatic N) is 5. The summed E-state index contributed by atoms with van der Waals surface area (Å²) < 4.78 is 7.34. The van der Waals surface area contributed by atoms with Crippen LogP contribution in [0.25, 0.3) is 0 Å². The van der Waals surface area contributed by atoms with Gasteiger partial charge in [0.05, 0.1) is 38.8 Å². The van der Waals surface area contributed by atoms with Gasteiger partial charge in [0, 0.05) is 11.3 Å². The summed E-state index contributed by atoms with van der Waals surface area (Å²) in [5, 5.41) is 12.9. The Morgan fingerprint density at radius 2 is 1.63 bits per heavy atom. The molecule has 7 nitrogen and oxygen atoms in total. The number of hydrogen-bond donors (Lipinski definition) is 1. The van der Waals surface area contributed by atoms with Crippen molar-refractivity contribution in [1.82, 2.24) is 20.2 Å². The van der Waals surface area contributed by atoms with E-state index >= 15 is 0 Å². The van der Waals surface area contributed by atoms with Crippen LogP contribution in [0.2, 0.25) is 0 Å². The molecule has 1 fully saturated rings. The van der Waals surface area contributed by atoms with E-state index in [9.17, 15) is 0 Å². The minimum atomic E-state index is -0.186. The van der Waals surface area contributed by atoms with Crippen molar-refractivity contribution >= 4 is 5.69 Å². The lowest BCUT2D eigenvalue weighted by Crippen LogP contribution is -3.15. The van der Waals surface area contributed by atoms with Gasteiger partial charge < -0.3 is 14.5 Å². The van der Waals surface area contributed by atoms with Crippen LogP contribution in [0, 0.1) is 0 Å². The normalized spacial score (nSPS) is 16.5. The highest BCUT2D eigenvalue weighted by molar-refractivity contribution is 5.46. The zero-order valence-corrected chi connectivity index (χ0v) is 18.2. The summed E-state index contributed by atoms with van der Waals surface area (Å²) in [7, 11) is 1.70. The molecule has 7 heteroatoms. The SMILES string of the molecule is COc1ccc([C@@H](c2nnnn2C(C)(C)C)[NH+]2CCN(c3ccccc3)CC2)cc1. The molecule has 0 bridgehead atoms. The average Bonchev–Trinajstić information content (AvgIpc) is 3.26. The van der Waals surface area contributed by atoms with Crippen LogP contribution in [0.5, 0.6) is 5.75 Å². The second-order valence-electron chi connectivity index (χ2n) is 8.81. The topological polar surface area (TPSA) is 60.5 Å². The summed E-state index contributed by atoms with van der Waals surface area (Å²) in [5.41, 5.74) is 2.31. The Hall–Kier alpha value is -2.93. The summed E-state index contributed by atoms with van der Waals surface area (Å²) in [5.74, 6) is 1.77. The number of piperazine rings is 1. The van der Waals surface area contributed by atoms with Gasteiger partial charge in [-0.15, -0.1) is 5.10 Å². The zero-order valence-electron chi connectivity index (χ0n) is 18.2. The lowest BCUT2D eigenvalue weighted by molar-refractivity contribution is -0.927. The third-order valence-corrected chi connectivity index (χ3v) is 5.77. The minimum absolute atomic E-state index is 0.0723. The van der Waals surface area contributed by atoms with Crippen molar-refractivity contribution in [2.45, 2.75) is 32.4 Å². The number of benzene rings is 2. The van der Waals surface area contributed by atoms with E-state index in [1.54, 1.807) is 7.11 Å². The highest BCUT2D eigenvalue weighted by atomic mass is 16.5. The Labute approximate surface area is 178 Å². The van der Waals surface area contributed by atoms with Crippen LogP contribution in [0.15, 0.2) is 54.6 Å². The smallest absolute Gasteiger partial charge is 0.214 e. The van der Waals surface area contributed by atoms with Gasteiger partial charge in [0.1, 0.15) is 5.75 Å². The molecule has 1 N–H and O–H groups in total. The molecule has 1 aliphatic heterocycles. The molecule has 0 aliphatic carbocycles. The fourth-order valence-corrected chi connectivity index (χ4v) is 4.20. The molecule has 4 rings (SSSR count). The van der Waals surface area contributed by atoms with Crippen molar-refractivity contribution in [3.63, 3.8) is 0 Å². The van der Waals surface area contributed by atoms with E-state index in [-0.39, 0.29) is 11.6 Å². The Balaban J connectivity index is 1.64. The number of para-hydroxylation sites is 1. The molecule has 1 atom stereocenters. The van der Waals surface area contributed by atoms with E-state index in [1.165, 1.54) is 16.2 Å². The van der Waals surface area contributed by atoms with Crippen molar-refractivity contribution < 1.29 is 9.64 Å². The minimum Gasteiger partial charge on any atom is -0.497 e. The van der Waals surface area contributed by atoms with Gasteiger partial charge in [0.2, 0.25) is 5.82 Å². The summed E-state index contributed by atoms with van der Waals surface area (Å²) in [6.45, 7) is 10.5. The predicted octanol–water partition coefficient (Wildman–Crippen LogP) is 1.93. The number of rotatable bonds is 5. The van der Waals surface area contributed by atoms with Crippen molar-refractivity contribution in [1.29, 1.82) is 0 Å². The Bertz CT molecular complexity index is 940. The third kappa shape index (κ3) is 4.16. The van der Waals surface area contributed by atoms with E-state index in [0.29, 0.717) is 0 Å². The zero-order chi connectivity index (χ0) is 21.1. The molecule has 2 aromatic carbocycles. The second-order valence-corrected chi connectivity index (χ2v) is 8.81. The van der Waals surface area contributed by atoms with Gasteiger partial charge in [-0.3, -0.25) is 0 Å². The van der Waals surface area contributed by atoms with E-state index in [4.69, 9.17) is 4.74 Å². The number of nitrogens with one attached hydrogen (secondary N) is 1. The fraction of sp³-hybridized carbons (Fsp3) is 0.435. The third-order valence-electron chi connectivity index (χ3n) is 5.77. The lowest BCUT2D eigenvalue weighted by Gasteiger charge is -2.37. The van der Waals surface area contributed by atoms with Crippen LogP contribution >= 0.6 is 0 Å². The number of quaternary nitrogens is 1. The van der Waals surface area contributed by atoms with Gasteiger partial charge in [-0.1, -0.05) is 18.2 Å². The Morgan fingerprint density at radius 3 is 2.23 bits per heavy atom. The average molecular weight is 408 g/mol. The second kappa shape index (κ2) is 8.44. The number of ether oxygens (including phenoxy) is 1. The van der Waals surface area contributed by atoms with Gasteiger partial charge in [-0.05, 0) is 67.6 Å². The van der Waals surface area contributed by atoms with Gasteiger partial charge >= 0.3 is 0 Å². The summed E-state index contributed by atoms with van der Waals surface area (Å²) >= 11 is 0. The molecule has 1 aromatic heterocycles. The molecule has 1 aliphatic rings. The van der Waals surface area contributed by atoms with Crippen LogP contribution in [0.1, 0.15) is 38.2 Å². The van der Waals surface area contributed by atoms with Gasteiger partial charge in [0.25, 0.3) is 0 Å². The number of hydrogen-bond acceptors (Lipinski definition) is 5. The standard InChI is InChI=1S/C23H30N6O/c1-23(2,3)29-22(24-25-26-29)21(18-10-12-20(30-4)13-11-18)28-16-14-27(15-17-28)19-8-6-5-7-9-19/h5-13,21H,14-17H2,1-4H3/p+1/t21-/m0/s1. The predicted molar refractivity (Wildman–Crippen MR) is 117 cm³/mol. The van der Waals surface area contributed by atoms with Crippen molar-refractivity contribution in [2.75, 3.05) is 38.2 Å². The van der Waals surface area contributed by atoms with E-state index in [0.717, 1.165) is 37.8 Å². The molecule has 158 valence electrons. The van der Waals surface area contributed by atoms with Crippen molar-refractivity contribution in [3.8, 4) is 5.75 Å². The number of aromatic nitrogens is 4. The van der Waals surface area contributed by atoms with Crippen LogP contribution in [-0.4, -0.2) is 53.5 Å². The Morgan fingerprint density at radius 1 is 0.967 bits per heavy atom. The van der Waals surface area contributed by atoms with Gasteiger partial charge in [-0.2, -0.15) is 0 Å². The molecular weight excluding hydrogens is 376 g/mol. The first-order valence-corrected chi connectivity index (χ1v) is 10.5. The molecular formula is C23H31N6O+. The fourth-order valence-electron chi connectivity index (χ4n) is 4.20. The van der Waals surface area contributed by atoms with E-state index in [1.807, 2.05) is 16.8 Å². The molecule has 0 radical (unpaired) electrons. The number of methoxy groups -OCH3 is 1. The Kier molecular flexibility index (Phi) is 5.72. The van der Waals surface area contributed by atoms with Crippen LogP contribution in [0.4, 0.5) is 5.69 Å². The van der Waals surface area contributed by atoms with E-state index in [2.05, 4.69) is 83.7 Å². The first kappa shape index (κ1) is 20.3. The highest BCUT2D eigenvalue weighted by Gasteiger charge is 2.36. The maximum absolute atomic E-state index is 5.37. The van der Waals surface area contributed by atoms with Crippen LogP contribution < -0.4 is 14.5 Å². The molecule has 0 saturated carbocycles. The summed E-state index contributed by atoms with van der Waals surface area (Å²) in [4.78, 5) is 3.94. The summed E-state index contributed by atoms with van der Waals surface area (Å²) in [6.07, 6.45) is 0. The summed E-state index contributed by atoms with van der Waals surface area (Å²) in [6, 6.07) is 19.0. The maximum atomic E-state index is 5.37. The molecule has 2 heterocycles. The van der Waals surface area contributed by atoms with Gasteiger partial charge in [0.15, 0.2) is 6.04 Å². The number of tetrazole rings is 1. The first-order valence-electron chi connectivity index (χ1n) is 10.5. The van der Waals surface area contributed by atoms with Crippen molar-refractivity contribution in [3.05, 3.63) is 66.0 Å². The van der Waals surface area contributed by atoms with Gasteiger partial charge in [-0.25, -0.2) is 4.68 Å². The van der Waals surface area contributed by atoms with Crippen molar-refractivity contribution in [2.24, 2.45) is 0 Å².